The van der Waals surface area contributed by atoms with Gasteiger partial charge in [0.1, 0.15) is 5.75 Å². The summed E-state index contributed by atoms with van der Waals surface area (Å²) in [5.74, 6) is 0.559. The number of carbonyl (C=O) groups excluding carboxylic acids is 1. The topological polar surface area (TPSA) is 63.2 Å². The minimum atomic E-state index is -0.106. The van der Waals surface area contributed by atoms with E-state index < -0.39 is 0 Å². The van der Waals surface area contributed by atoms with Crippen molar-refractivity contribution in [1.82, 2.24) is 15.6 Å². The minimum absolute atomic E-state index is 0.106. The summed E-state index contributed by atoms with van der Waals surface area (Å²) in [6, 6.07) is 5.34. The lowest BCUT2D eigenvalue weighted by atomic mass is 10.2. The van der Waals surface area contributed by atoms with Gasteiger partial charge in [-0.3, -0.25) is 4.79 Å². The fraction of sp³-hybridized carbons (Fsp3) is 0.333. The molecule has 1 aromatic heterocycles. The molecule has 0 saturated heterocycles. The molecule has 0 aliphatic rings. The lowest BCUT2D eigenvalue weighted by Gasteiger charge is -2.09. The molecular formula is C15H18BrN3O2S. The monoisotopic (exact) mass is 383 g/mol. The Bertz CT molecular complexity index is 605. The molecule has 0 aliphatic heterocycles. The van der Waals surface area contributed by atoms with Gasteiger partial charge in [0.2, 0.25) is 0 Å². The summed E-state index contributed by atoms with van der Waals surface area (Å²) in [5, 5.41) is 8.22. The van der Waals surface area contributed by atoms with E-state index in [1.165, 1.54) is 0 Å². The van der Waals surface area contributed by atoms with E-state index in [1.54, 1.807) is 24.5 Å². The normalized spacial score (nSPS) is 10.5. The first-order chi connectivity index (χ1) is 10.7. The van der Waals surface area contributed by atoms with Crippen LogP contribution in [-0.4, -0.2) is 31.1 Å². The van der Waals surface area contributed by atoms with Crippen molar-refractivity contribution in [2.24, 2.45) is 0 Å². The Labute approximate surface area is 142 Å². The summed E-state index contributed by atoms with van der Waals surface area (Å²) in [4.78, 5) is 16.3. The van der Waals surface area contributed by atoms with E-state index in [0.29, 0.717) is 17.9 Å². The van der Waals surface area contributed by atoms with E-state index in [9.17, 15) is 4.79 Å². The molecule has 2 aromatic rings. The number of hydrogen-bond acceptors (Lipinski definition) is 5. The summed E-state index contributed by atoms with van der Waals surface area (Å²) in [6.45, 7) is 2.21. The van der Waals surface area contributed by atoms with Crippen LogP contribution in [0.1, 0.15) is 22.5 Å². The molecule has 0 aliphatic carbocycles. The van der Waals surface area contributed by atoms with Gasteiger partial charge in [-0.05, 0) is 47.1 Å². The predicted octanol–water partition coefficient (Wildman–Crippen LogP) is 2.82. The van der Waals surface area contributed by atoms with Gasteiger partial charge in [0, 0.05) is 22.9 Å². The Kier molecular flexibility index (Phi) is 6.82. The van der Waals surface area contributed by atoms with Crippen LogP contribution in [0.2, 0.25) is 0 Å². The van der Waals surface area contributed by atoms with Crippen molar-refractivity contribution in [2.75, 3.05) is 20.2 Å². The fourth-order valence-corrected chi connectivity index (χ4v) is 2.84. The van der Waals surface area contributed by atoms with Gasteiger partial charge in [-0.15, -0.1) is 11.3 Å². The van der Waals surface area contributed by atoms with Crippen LogP contribution in [0.4, 0.5) is 0 Å². The molecule has 1 amide bonds. The van der Waals surface area contributed by atoms with Gasteiger partial charge in [-0.2, -0.15) is 0 Å². The number of carbonyl (C=O) groups is 1. The number of halogens is 1. The molecule has 1 heterocycles. The molecule has 0 saturated carbocycles. The zero-order valence-corrected chi connectivity index (χ0v) is 14.7. The number of methoxy groups -OCH3 is 1. The molecule has 118 valence electrons. The summed E-state index contributed by atoms with van der Waals surface area (Å²) in [7, 11) is 1.58. The van der Waals surface area contributed by atoms with E-state index in [2.05, 4.69) is 31.5 Å². The molecule has 2 rings (SSSR count). The van der Waals surface area contributed by atoms with Crippen LogP contribution in [0.5, 0.6) is 5.75 Å². The number of nitrogens with one attached hydrogen (secondary N) is 2. The first kappa shape index (κ1) is 16.9. The maximum Gasteiger partial charge on any atom is 0.252 e. The number of rotatable bonds is 8. The second-order valence-electron chi connectivity index (χ2n) is 4.61. The first-order valence-corrected chi connectivity index (χ1v) is 8.64. The largest absolute Gasteiger partial charge is 0.497 e. The molecule has 7 heteroatoms. The van der Waals surface area contributed by atoms with Gasteiger partial charge in [-0.1, -0.05) is 0 Å². The summed E-state index contributed by atoms with van der Waals surface area (Å²) in [5.41, 5.74) is 3.45. The zero-order valence-electron chi connectivity index (χ0n) is 12.3. The van der Waals surface area contributed by atoms with Crippen molar-refractivity contribution in [3.63, 3.8) is 0 Å². The highest BCUT2D eigenvalue weighted by atomic mass is 79.9. The van der Waals surface area contributed by atoms with E-state index in [4.69, 9.17) is 4.74 Å². The predicted molar refractivity (Wildman–Crippen MR) is 91.5 cm³/mol. The third-order valence-electron chi connectivity index (χ3n) is 3.02. The van der Waals surface area contributed by atoms with Crippen molar-refractivity contribution >= 4 is 33.2 Å². The van der Waals surface area contributed by atoms with Gasteiger partial charge in [-0.25, -0.2) is 4.98 Å². The van der Waals surface area contributed by atoms with Gasteiger partial charge in [0.25, 0.3) is 5.91 Å². The maximum atomic E-state index is 12.1. The maximum absolute atomic E-state index is 12.1. The van der Waals surface area contributed by atoms with Crippen molar-refractivity contribution in [2.45, 2.75) is 13.0 Å². The number of hydrogen-bond donors (Lipinski definition) is 2. The zero-order chi connectivity index (χ0) is 15.8. The van der Waals surface area contributed by atoms with Crippen molar-refractivity contribution in [3.05, 3.63) is 44.8 Å². The molecule has 0 spiro atoms. The molecule has 0 bridgehead atoms. The quantitative estimate of drug-likeness (QED) is 0.687. The highest BCUT2D eigenvalue weighted by Gasteiger charge is 2.10. The van der Waals surface area contributed by atoms with Crippen LogP contribution in [-0.2, 0) is 6.54 Å². The Hall–Kier alpha value is -1.44. The first-order valence-electron chi connectivity index (χ1n) is 6.90. The standard InChI is InChI=1S/C15H18BrN3O2S/c1-21-12-3-4-14(16)13(7-12)15(20)18-6-2-5-17-8-11-9-22-10-19-11/h3-4,7,9-10,17H,2,5-6,8H2,1H3,(H,18,20). The molecule has 0 radical (unpaired) electrons. The SMILES string of the molecule is COc1ccc(Br)c(C(=O)NCCCNCc2cscn2)c1. The Morgan fingerprint density at radius 1 is 1.41 bits per heavy atom. The molecular weight excluding hydrogens is 366 g/mol. The van der Waals surface area contributed by atoms with Gasteiger partial charge >= 0.3 is 0 Å². The average Bonchev–Trinajstić information content (AvgIpc) is 3.04. The lowest BCUT2D eigenvalue weighted by Crippen LogP contribution is -2.27. The summed E-state index contributed by atoms with van der Waals surface area (Å²) >= 11 is 4.97. The Balaban J connectivity index is 1.69. The van der Waals surface area contributed by atoms with Crippen LogP contribution < -0.4 is 15.4 Å². The van der Waals surface area contributed by atoms with Crippen molar-refractivity contribution < 1.29 is 9.53 Å². The van der Waals surface area contributed by atoms with E-state index in [0.717, 1.165) is 29.7 Å². The van der Waals surface area contributed by atoms with E-state index in [-0.39, 0.29) is 5.91 Å². The molecule has 22 heavy (non-hydrogen) atoms. The third-order valence-corrected chi connectivity index (χ3v) is 4.35. The lowest BCUT2D eigenvalue weighted by molar-refractivity contribution is 0.0952. The summed E-state index contributed by atoms with van der Waals surface area (Å²) in [6.07, 6.45) is 0.859. The molecule has 0 atom stereocenters. The van der Waals surface area contributed by atoms with Crippen LogP contribution in [0, 0.1) is 0 Å². The average molecular weight is 384 g/mol. The Morgan fingerprint density at radius 3 is 3.00 bits per heavy atom. The van der Waals surface area contributed by atoms with Gasteiger partial charge in [0.05, 0.1) is 23.9 Å². The second-order valence-corrected chi connectivity index (χ2v) is 6.18. The van der Waals surface area contributed by atoms with Gasteiger partial charge < -0.3 is 15.4 Å². The number of amides is 1. The highest BCUT2D eigenvalue weighted by Crippen LogP contribution is 2.22. The van der Waals surface area contributed by atoms with E-state index in [1.807, 2.05) is 23.0 Å². The van der Waals surface area contributed by atoms with Crippen molar-refractivity contribution in [1.29, 1.82) is 0 Å². The minimum Gasteiger partial charge on any atom is -0.497 e. The highest BCUT2D eigenvalue weighted by molar-refractivity contribution is 9.10. The van der Waals surface area contributed by atoms with Gasteiger partial charge in [0.15, 0.2) is 0 Å². The van der Waals surface area contributed by atoms with Crippen LogP contribution in [0.3, 0.4) is 0 Å². The summed E-state index contributed by atoms with van der Waals surface area (Å²) < 4.78 is 5.89. The number of nitrogens with zero attached hydrogens (tertiary/aromatic N) is 1. The van der Waals surface area contributed by atoms with Crippen LogP contribution >= 0.6 is 27.3 Å². The van der Waals surface area contributed by atoms with Crippen molar-refractivity contribution in [3.8, 4) is 5.75 Å². The smallest absolute Gasteiger partial charge is 0.252 e. The molecule has 2 N–H and O–H groups in total. The fourth-order valence-electron chi connectivity index (χ4n) is 1.86. The molecule has 5 nitrogen and oxygen atoms in total. The Morgan fingerprint density at radius 2 is 2.27 bits per heavy atom. The number of thiazole rings is 1. The van der Waals surface area contributed by atoms with Crippen LogP contribution in [0.15, 0.2) is 33.6 Å². The van der Waals surface area contributed by atoms with Crippen LogP contribution in [0.25, 0.3) is 0 Å². The third kappa shape index (κ3) is 5.08. The second kappa shape index (κ2) is 8.87. The number of ether oxygens (including phenoxy) is 1. The molecule has 0 fully saturated rings. The van der Waals surface area contributed by atoms with E-state index >= 15 is 0 Å². The molecule has 1 aromatic carbocycles. The number of benzene rings is 1. The number of aromatic nitrogens is 1. The molecule has 0 unspecified atom stereocenters.